The molecule has 0 spiro atoms. The molecule has 2 heterocycles. The van der Waals surface area contributed by atoms with Crippen molar-refractivity contribution in [3.05, 3.63) is 79.4 Å². The van der Waals surface area contributed by atoms with Gasteiger partial charge in [0.25, 0.3) is 5.56 Å². The highest BCUT2D eigenvalue weighted by Gasteiger charge is 2.40. The van der Waals surface area contributed by atoms with E-state index >= 15 is 0 Å². The van der Waals surface area contributed by atoms with Crippen LogP contribution in [0.5, 0.6) is 5.75 Å². The summed E-state index contributed by atoms with van der Waals surface area (Å²) >= 11 is 0. The maximum atomic E-state index is 13.6. The molecule has 1 unspecified atom stereocenters. The summed E-state index contributed by atoms with van der Waals surface area (Å²) in [6.07, 6.45) is 1.77. The number of rotatable bonds is 12. The van der Waals surface area contributed by atoms with Gasteiger partial charge in [0.2, 0.25) is 0 Å². The van der Waals surface area contributed by atoms with Crippen LogP contribution in [0.2, 0.25) is 0 Å². The number of para-hydroxylation sites is 1. The Labute approximate surface area is 222 Å². The minimum absolute atomic E-state index is 0.0167. The predicted octanol–water partition coefficient (Wildman–Crippen LogP) is 2.31. The van der Waals surface area contributed by atoms with Gasteiger partial charge in [-0.25, -0.2) is 13.9 Å². The van der Waals surface area contributed by atoms with Crippen molar-refractivity contribution in [2.45, 2.75) is 44.7 Å². The van der Waals surface area contributed by atoms with Crippen molar-refractivity contribution >= 4 is 26.2 Å². The largest absolute Gasteiger partial charge is 0.468 e. The molecule has 15 nitrogen and oxygen atoms in total. The molecule has 0 bridgehead atoms. The fraction of sp³-hybridized carbons (Fsp3) is 0.391. The monoisotopic (exact) mass is 562 g/mol. The number of hydrogen-bond donors (Lipinski definition) is 1. The second kappa shape index (κ2) is 13.2. The number of carbonyl (C=O) groups excluding carboxylic acids is 2. The van der Waals surface area contributed by atoms with Gasteiger partial charge in [0.15, 0.2) is 0 Å². The summed E-state index contributed by atoms with van der Waals surface area (Å²) in [7, 11) is -3.05. The third-order valence-electron chi connectivity index (χ3n) is 5.63. The van der Waals surface area contributed by atoms with Crippen LogP contribution in [0.3, 0.4) is 0 Å². The number of aryl methyl sites for hydroxylation is 1. The number of benzene rings is 1. The van der Waals surface area contributed by atoms with Crippen LogP contribution in [0.1, 0.15) is 25.1 Å². The van der Waals surface area contributed by atoms with Crippen molar-refractivity contribution in [2.75, 3.05) is 13.7 Å². The molecule has 1 saturated heterocycles. The van der Waals surface area contributed by atoms with Crippen LogP contribution < -0.4 is 20.9 Å². The average molecular weight is 562 g/mol. The van der Waals surface area contributed by atoms with Crippen LogP contribution in [-0.2, 0) is 28.2 Å². The van der Waals surface area contributed by atoms with Gasteiger partial charge in [-0.15, -0.1) is 0 Å². The van der Waals surface area contributed by atoms with E-state index in [0.717, 1.165) is 21.4 Å². The molecule has 0 aliphatic carbocycles. The SMILES string of the molecule is COC(=O)[C@H](C)NP(=O)(OC[C@H]1O[C@@H](n2cc(C)c(=O)n(/C=C/C=O)c2=O)C[C@@H]1N=[N+]=[N-])Oc1ccccc1. The summed E-state index contributed by atoms with van der Waals surface area (Å²) in [5.41, 5.74) is 7.85. The second-order valence-corrected chi connectivity index (χ2v) is 10.1. The number of hydrogen-bond acceptors (Lipinski definition) is 10. The van der Waals surface area contributed by atoms with E-state index in [9.17, 15) is 23.7 Å². The normalized spacial score (nSPS) is 21.1. The number of nitrogens with one attached hydrogen (secondary N) is 1. The molecular weight excluding hydrogens is 535 g/mol. The zero-order chi connectivity index (χ0) is 28.6. The number of azide groups is 1. The fourth-order valence-corrected chi connectivity index (χ4v) is 5.25. The summed E-state index contributed by atoms with van der Waals surface area (Å²) in [4.78, 5) is 50.8. The summed E-state index contributed by atoms with van der Waals surface area (Å²) < 4.78 is 37.3. The molecule has 2 aromatic rings. The van der Waals surface area contributed by atoms with Gasteiger partial charge in [-0.3, -0.25) is 23.5 Å². The topological polar surface area (TPSA) is 193 Å². The van der Waals surface area contributed by atoms with Crippen LogP contribution in [0.4, 0.5) is 0 Å². The van der Waals surface area contributed by atoms with E-state index in [0.29, 0.717) is 6.29 Å². The van der Waals surface area contributed by atoms with Crippen molar-refractivity contribution in [2.24, 2.45) is 5.11 Å². The molecule has 1 aliphatic heterocycles. The Kier molecular flexibility index (Phi) is 9.99. The first-order valence-electron chi connectivity index (χ1n) is 11.6. The van der Waals surface area contributed by atoms with Crippen LogP contribution in [0.15, 0.2) is 57.3 Å². The number of allylic oxidation sites excluding steroid dienone is 1. The second-order valence-electron chi connectivity index (χ2n) is 8.36. The number of aromatic nitrogens is 2. The van der Waals surface area contributed by atoms with Crippen molar-refractivity contribution < 1.29 is 32.7 Å². The lowest BCUT2D eigenvalue weighted by molar-refractivity contribution is -0.142. The van der Waals surface area contributed by atoms with E-state index in [1.54, 1.807) is 18.2 Å². The molecule has 0 saturated carbocycles. The predicted molar refractivity (Wildman–Crippen MR) is 138 cm³/mol. The summed E-state index contributed by atoms with van der Waals surface area (Å²) in [5.74, 6) is -0.525. The minimum atomic E-state index is -4.22. The van der Waals surface area contributed by atoms with Gasteiger partial charge in [0, 0.05) is 29.3 Å². The number of aldehydes is 1. The Hall–Kier alpha value is -4.00. The highest BCUT2D eigenvalue weighted by Crippen LogP contribution is 2.46. The molecule has 5 atom stereocenters. The van der Waals surface area contributed by atoms with Gasteiger partial charge in [0.1, 0.15) is 24.3 Å². The van der Waals surface area contributed by atoms with E-state index in [1.165, 1.54) is 39.3 Å². The molecule has 1 aromatic carbocycles. The standard InChI is InChI=1S/C23H27N6O9P/c1-15-13-29(23(33)28(21(15)31)10-7-11-30)20-12-18(25-27-24)19(37-20)14-36-39(34,26-16(2)22(32)35-3)38-17-8-5-4-6-9-17/h4-11,13,16,18-20H,12,14H2,1-3H3,(H,26,34)/b10-7+/t16-,18-,19+,20+,39?/m0/s1. The maximum Gasteiger partial charge on any atom is 0.459 e. The van der Waals surface area contributed by atoms with Crippen molar-refractivity contribution in [3.8, 4) is 5.75 Å². The van der Waals surface area contributed by atoms with Gasteiger partial charge >= 0.3 is 19.4 Å². The molecule has 16 heteroatoms. The first-order chi connectivity index (χ1) is 18.6. The Bertz CT molecular complexity index is 1430. The van der Waals surface area contributed by atoms with Gasteiger partial charge in [-0.2, -0.15) is 5.09 Å². The molecule has 1 N–H and O–H groups in total. The van der Waals surface area contributed by atoms with Gasteiger partial charge < -0.3 is 14.0 Å². The maximum absolute atomic E-state index is 13.6. The van der Waals surface area contributed by atoms with E-state index in [4.69, 9.17) is 19.3 Å². The lowest BCUT2D eigenvalue weighted by atomic mass is 10.1. The van der Waals surface area contributed by atoms with Crippen LogP contribution >= 0.6 is 7.75 Å². The van der Waals surface area contributed by atoms with Crippen molar-refractivity contribution in [3.63, 3.8) is 0 Å². The highest BCUT2D eigenvalue weighted by molar-refractivity contribution is 7.52. The third kappa shape index (κ3) is 7.31. The number of nitrogens with zero attached hydrogens (tertiary/aromatic N) is 5. The molecular formula is C23H27N6O9P. The van der Waals surface area contributed by atoms with Gasteiger partial charge in [-0.05, 0) is 37.6 Å². The van der Waals surface area contributed by atoms with Crippen molar-refractivity contribution in [1.29, 1.82) is 0 Å². The van der Waals surface area contributed by atoms with Crippen LogP contribution in [0.25, 0.3) is 16.6 Å². The Morgan fingerprint density at radius 2 is 2.08 bits per heavy atom. The van der Waals surface area contributed by atoms with E-state index in [-0.39, 0.29) is 17.7 Å². The number of methoxy groups -OCH3 is 1. The molecule has 208 valence electrons. The lowest BCUT2D eigenvalue weighted by Crippen LogP contribution is -2.39. The van der Waals surface area contributed by atoms with Crippen LogP contribution in [0, 0.1) is 6.92 Å². The molecule has 39 heavy (non-hydrogen) atoms. The number of esters is 1. The minimum Gasteiger partial charge on any atom is -0.468 e. The van der Waals surface area contributed by atoms with Gasteiger partial charge in [-0.1, -0.05) is 23.3 Å². The number of carbonyl (C=O) groups is 2. The molecule has 1 fully saturated rings. The Morgan fingerprint density at radius 3 is 2.72 bits per heavy atom. The zero-order valence-corrected chi connectivity index (χ0v) is 22.2. The third-order valence-corrected chi connectivity index (χ3v) is 7.27. The fourth-order valence-electron chi connectivity index (χ4n) is 3.75. The molecule has 0 radical (unpaired) electrons. The summed E-state index contributed by atoms with van der Waals surface area (Å²) in [6, 6.07) is 6.16. The lowest BCUT2D eigenvalue weighted by Gasteiger charge is -2.24. The Balaban J connectivity index is 1.87. The van der Waals surface area contributed by atoms with Crippen molar-refractivity contribution in [1.82, 2.24) is 14.2 Å². The summed E-state index contributed by atoms with van der Waals surface area (Å²) in [6.45, 7) is 2.46. The van der Waals surface area contributed by atoms with Crippen LogP contribution in [-0.4, -0.2) is 53.3 Å². The van der Waals surface area contributed by atoms with E-state index in [2.05, 4.69) is 19.9 Å². The first kappa shape index (κ1) is 29.6. The van der Waals surface area contributed by atoms with E-state index < -0.39 is 56.0 Å². The smallest absolute Gasteiger partial charge is 0.459 e. The first-order valence-corrected chi connectivity index (χ1v) is 13.2. The van der Waals surface area contributed by atoms with E-state index in [1.807, 2.05) is 0 Å². The quantitative estimate of drug-likeness (QED) is 0.0763. The average Bonchev–Trinajstić information content (AvgIpc) is 3.32. The van der Waals surface area contributed by atoms with Gasteiger partial charge in [0.05, 0.1) is 25.9 Å². The summed E-state index contributed by atoms with van der Waals surface area (Å²) in [5, 5.41) is 6.22. The molecule has 1 aromatic heterocycles. The highest BCUT2D eigenvalue weighted by atomic mass is 31.2. The number of ether oxygens (including phenoxy) is 2. The molecule has 3 rings (SSSR count). The molecule has 1 aliphatic rings. The Morgan fingerprint density at radius 1 is 1.36 bits per heavy atom. The zero-order valence-electron chi connectivity index (χ0n) is 21.3. The molecule has 0 amide bonds.